The Morgan fingerprint density at radius 2 is 1.96 bits per heavy atom. The van der Waals surface area contributed by atoms with Crippen LogP contribution in [-0.4, -0.2) is 74.4 Å². The van der Waals surface area contributed by atoms with Gasteiger partial charge in [-0.1, -0.05) is 0 Å². The predicted molar refractivity (Wildman–Crippen MR) is 92.8 cm³/mol. The van der Waals surface area contributed by atoms with E-state index < -0.39 is 0 Å². The molecule has 0 saturated carbocycles. The molecule has 0 spiro atoms. The third kappa shape index (κ3) is 5.58. The SMILES string of the molecule is COCCOC1CCN(C(=O)C=Cc2cnc(N(C)C)nc2)CC1. The first-order chi connectivity index (χ1) is 11.6. The number of hydrogen-bond acceptors (Lipinski definition) is 6. The number of likely N-dealkylation sites (tertiary alicyclic amines) is 1. The molecule has 0 aromatic carbocycles. The number of nitrogens with zero attached hydrogens (tertiary/aromatic N) is 4. The van der Waals surface area contributed by atoms with Gasteiger partial charge in [-0.25, -0.2) is 9.97 Å². The van der Waals surface area contributed by atoms with E-state index in [1.165, 1.54) is 0 Å². The molecule has 132 valence electrons. The van der Waals surface area contributed by atoms with Gasteiger partial charge in [0.15, 0.2) is 0 Å². The first-order valence-electron chi connectivity index (χ1n) is 8.17. The predicted octanol–water partition coefficient (Wildman–Crippen LogP) is 1.21. The molecule has 0 atom stereocenters. The quantitative estimate of drug-likeness (QED) is 0.551. The summed E-state index contributed by atoms with van der Waals surface area (Å²) in [6, 6.07) is 0. The Morgan fingerprint density at radius 3 is 2.54 bits per heavy atom. The van der Waals surface area contributed by atoms with Crippen molar-refractivity contribution in [2.24, 2.45) is 0 Å². The van der Waals surface area contributed by atoms with Crippen LogP contribution >= 0.6 is 0 Å². The summed E-state index contributed by atoms with van der Waals surface area (Å²) in [6.45, 7) is 2.66. The number of carbonyl (C=O) groups is 1. The number of ether oxygens (including phenoxy) is 2. The maximum absolute atomic E-state index is 12.2. The largest absolute Gasteiger partial charge is 0.382 e. The van der Waals surface area contributed by atoms with Crippen molar-refractivity contribution < 1.29 is 14.3 Å². The normalized spacial score (nSPS) is 15.9. The van der Waals surface area contributed by atoms with Crippen molar-refractivity contribution in [3.63, 3.8) is 0 Å². The minimum atomic E-state index is 0.0158. The summed E-state index contributed by atoms with van der Waals surface area (Å²) >= 11 is 0. The minimum absolute atomic E-state index is 0.0158. The molecule has 0 aliphatic carbocycles. The molecule has 7 heteroatoms. The molecule has 1 aromatic rings. The van der Waals surface area contributed by atoms with Gasteiger partial charge in [0.25, 0.3) is 0 Å². The number of amides is 1. The van der Waals surface area contributed by atoms with Crippen LogP contribution in [0.25, 0.3) is 6.08 Å². The van der Waals surface area contributed by atoms with Gasteiger partial charge in [-0.2, -0.15) is 0 Å². The third-order valence-corrected chi connectivity index (χ3v) is 3.87. The topological polar surface area (TPSA) is 67.8 Å². The van der Waals surface area contributed by atoms with E-state index in [1.54, 1.807) is 31.7 Å². The summed E-state index contributed by atoms with van der Waals surface area (Å²) in [7, 11) is 5.43. The summed E-state index contributed by atoms with van der Waals surface area (Å²) in [4.78, 5) is 24.4. The second kappa shape index (κ2) is 9.34. The lowest BCUT2D eigenvalue weighted by molar-refractivity contribution is -0.128. The number of carbonyl (C=O) groups excluding carboxylic acids is 1. The van der Waals surface area contributed by atoms with Crippen molar-refractivity contribution in [3.8, 4) is 0 Å². The van der Waals surface area contributed by atoms with E-state index in [1.807, 2.05) is 23.9 Å². The fourth-order valence-electron chi connectivity index (χ4n) is 2.46. The molecule has 2 rings (SSSR count). The van der Waals surface area contributed by atoms with Gasteiger partial charge in [-0.05, 0) is 18.9 Å². The second-order valence-electron chi connectivity index (χ2n) is 5.93. The summed E-state index contributed by atoms with van der Waals surface area (Å²) in [5.41, 5.74) is 0.812. The van der Waals surface area contributed by atoms with Crippen molar-refractivity contribution in [1.82, 2.24) is 14.9 Å². The van der Waals surface area contributed by atoms with Crippen LogP contribution in [0.4, 0.5) is 5.95 Å². The van der Waals surface area contributed by atoms with Gasteiger partial charge >= 0.3 is 0 Å². The zero-order chi connectivity index (χ0) is 17.4. The number of rotatable bonds is 7. The molecule has 1 aliphatic heterocycles. The van der Waals surface area contributed by atoms with E-state index in [4.69, 9.17) is 9.47 Å². The van der Waals surface area contributed by atoms with Crippen LogP contribution in [0.2, 0.25) is 0 Å². The van der Waals surface area contributed by atoms with Gasteiger partial charge in [0.05, 0.1) is 19.3 Å². The van der Waals surface area contributed by atoms with Crippen LogP contribution in [-0.2, 0) is 14.3 Å². The Balaban J connectivity index is 1.78. The number of methoxy groups -OCH3 is 1. The maximum atomic E-state index is 12.2. The molecule has 0 bridgehead atoms. The lowest BCUT2D eigenvalue weighted by Gasteiger charge is -2.31. The molecular formula is C17H26N4O3. The van der Waals surface area contributed by atoms with Crippen molar-refractivity contribution in [3.05, 3.63) is 24.0 Å². The highest BCUT2D eigenvalue weighted by molar-refractivity contribution is 5.91. The van der Waals surface area contributed by atoms with Crippen molar-refractivity contribution in [1.29, 1.82) is 0 Å². The van der Waals surface area contributed by atoms with Gasteiger partial charge in [0, 0.05) is 58.3 Å². The molecule has 7 nitrogen and oxygen atoms in total. The van der Waals surface area contributed by atoms with E-state index >= 15 is 0 Å². The number of aromatic nitrogens is 2. The Hall–Kier alpha value is -1.99. The van der Waals surface area contributed by atoms with Crippen LogP contribution < -0.4 is 4.90 Å². The second-order valence-corrected chi connectivity index (χ2v) is 5.93. The van der Waals surface area contributed by atoms with Crippen LogP contribution in [0.15, 0.2) is 18.5 Å². The first kappa shape index (κ1) is 18.4. The first-order valence-corrected chi connectivity index (χ1v) is 8.17. The monoisotopic (exact) mass is 334 g/mol. The molecule has 1 aromatic heterocycles. The van der Waals surface area contributed by atoms with Gasteiger partial charge in [-0.3, -0.25) is 4.79 Å². The molecule has 0 radical (unpaired) electrons. The Bertz CT molecular complexity index is 537. The van der Waals surface area contributed by atoms with Crippen LogP contribution in [0.3, 0.4) is 0 Å². The zero-order valence-electron chi connectivity index (χ0n) is 14.6. The number of piperidine rings is 1. The smallest absolute Gasteiger partial charge is 0.246 e. The Kier molecular flexibility index (Phi) is 7.14. The Morgan fingerprint density at radius 1 is 1.29 bits per heavy atom. The van der Waals surface area contributed by atoms with E-state index in [9.17, 15) is 4.79 Å². The highest BCUT2D eigenvalue weighted by Crippen LogP contribution is 2.14. The van der Waals surface area contributed by atoms with Crippen molar-refractivity contribution in [2.75, 3.05) is 52.4 Å². The van der Waals surface area contributed by atoms with E-state index in [0.717, 1.165) is 31.5 Å². The standard InChI is InChI=1S/C17H26N4O3/c1-20(2)17-18-12-14(13-19-17)4-5-16(22)21-8-6-15(7-9-21)24-11-10-23-3/h4-5,12-13,15H,6-11H2,1-3H3. The lowest BCUT2D eigenvalue weighted by Crippen LogP contribution is -2.40. The molecule has 1 aliphatic rings. The van der Waals surface area contributed by atoms with Gasteiger partial charge in [0.2, 0.25) is 11.9 Å². The van der Waals surface area contributed by atoms with Gasteiger partial charge in [-0.15, -0.1) is 0 Å². The van der Waals surface area contributed by atoms with Crippen LogP contribution in [0, 0.1) is 0 Å². The summed E-state index contributed by atoms with van der Waals surface area (Å²) in [6.07, 6.45) is 8.71. The van der Waals surface area contributed by atoms with Crippen molar-refractivity contribution >= 4 is 17.9 Å². The minimum Gasteiger partial charge on any atom is -0.382 e. The maximum Gasteiger partial charge on any atom is 0.246 e. The molecule has 1 saturated heterocycles. The molecule has 24 heavy (non-hydrogen) atoms. The fraction of sp³-hybridized carbons (Fsp3) is 0.588. The average Bonchev–Trinajstić information content (AvgIpc) is 2.61. The highest BCUT2D eigenvalue weighted by Gasteiger charge is 2.21. The van der Waals surface area contributed by atoms with Gasteiger partial charge < -0.3 is 19.3 Å². The average molecular weight is 334 g/mol. The number of hydrogen-bond donors (Lipinski definition) is 0. The highest BCUT2D eigenvalue weighted by atomic mass is 16.5. The van der Waals surface area contributed by atoms with E-state index in [-0.39, 0.29) is 12.0 Å². The molecule has 0 N–H and O–H groups in total. The molecule has 2 heterocycles. The summed E-state index contributed by atoms with van der Waals surface area (Å²) < 4.78 is 10.7. The third-order valence-electron chi connectivity index (χ3n) is 3.87. The Labute approximate surface area is 143 Å². The van der Waals surface area contributed by atoms with E-state index in [0.29, 0.717) is 19.2 Å². The summed E-state index contributed by atoms with van der Waals surface area (Å²) in [5, 5.41) is 0. The molecule has 1 fully saturated rings. The fourth-order valence-corrected chi connectivity index (χ4v) is 2.46. The summed E-state index contributed by atoms with van der Waals surface area (Å²) in [5.74, 6) is 0.663. The van der Waals surface area contributed by atoms with Crippen molar-refractivity contribution in [2.45, 2.75) is 18.9 Å². The number of anilines is 1. The van der Waals surface area contributed by atoms with Gasteiger partial charge in [0.1, 0.15) is 0 Å². The zero-order valence-corrected chi connectivity index (χ0v) is 14.6. The molecular weight excluding hydrogens is 308 g/mol. The lowest BCUT2D eigenvalue weighted by atomic mass is 10.1. The molecule has 1 amide bonds. The van der Waals surface area contributed by atoms with E-state index in [2.05, 4.69) is 9.97 Å². The molecule has 0 unspecified atom stereocenters. The van der Waals surface area contributed by atoms with Crippen LogP contribution in [0.5, 0.6) is 0 Å². The van der Waals surface area contributed by atoms with Crippen LogP contribution in [0.1, 0.15) is 18.4 Å².